The van der Waals surface area contributed by atoms with E-state index in [-0.39, 0.29) is 23.0 Å². The Morgan fingerprint density at radius 2 is 1.55 bits per heavy atom. The molecule has 5 aliphatic rings. The van der Waals surface area contributed by atoms with Crippen LogP contribution in [0.2, 0.25) is 0 Å². The Labute approximate surface area is 279 Å². The summed E-state index contributed by atoms with van der Waals surface area (Å²) < 4.78 is 34.8. The summed E-state index contributed by atoms with van der Waals surface area (Å²) in [5.74, 6) is 2.59. The molecule has 1 saturated heterocycles. The van der Waals surface area contributed by atoms with Gasteiger partial charge in [-0.3, -0.25) is 9.69 Å². The zero-order valence-corrected chi connectivity index (χ0v) is 28.3. The van der Waals surface area contributed by atoms with Gasteiger partial charge in [-0.1, -0.05) is 12.1 Å². The molecule has 8 rings (SSSR count). The number of benzene rings is 3. The van der Waals surface area contributed by atoms with Gasteiger partial charge in [0.15, 0.2) is 0 Å². The maximum Gasteiger partial charge on any atom is 0.264 e. The van der Waals surface area contributed by atoms with Gasteiger partial charge in [-0.15, -0.1) is 0 Å². The molecule has 0 radical (unpaired) electrons. The minimum atomic E-state index is -3.72. The number of aromatic hydroxyl groups is 1. The van der Waals surface area contributed by atoms with Gasteiger partial charge in [0.25, 0.3) is 5.91 Å². The smallest absolute Gasteiger partial charge is 0.264 e. The molecule has 1 amide bonds. The van der Waals surface area contributed by atoms with Gasteiger partial charge >= 0.3 is 0 Å². The van der Waals surface area contributed by atoms with Crippen LogP contribution in [0.1, 0.15) is 68.3 Å². The van der Waals surface area contributed by atoms with E-state index in [9.17, 15) is 18.3 Å². The summed E-state index contributed by atoms with van der Waals surface area (Å²) in [6, 6.07) is 20.9. The maximum atomic E-state index is 13.2. The summed E-state index contributed by atoms with van der Waals surface area (Å²) in [4.78, 5) is 17.8. The number of amides is 1. The number of nitrogens with one attached hydrogen (secondary N) is 1. The lowest BCUT2D eigenvalue weighted by molar-refractivity contribution is -0.0391. The van der Waals surface area contributed by atoms with E-state index in [0.717, 1.165) is 80.1 Å². The number of hydrogen-bond donors (Lipinski definition) is 2. The molecule has 1 heterocycles. The highest BCUT2D eigenvalue weighted by molar-refractivity contribution is 7.90. The lowest BCUT2D eigenvalue weighted by Crippen LogP contribution is -2.51. The predicted octanol–water partition coefficient (Wildman–Crippen LogP) is 6.44. The maximum absolute atomic E-state index is 13.2. The number of piperazine rings is 1. The largest absolute Gasteiger partial charge is 0.508 e. The Morgan fingerprint density at radius 3 is 2.17 bits per heavy atom. The molecule has 0 unspecified atom stereocenters. The Kier molecular flexibility index (Phi) is 8.72. The van der Waals surface area contributed by atoms with Crippen LogP contribution in [0.15, 0.2) is 66.7 Å². The molecule has 3 aromatic carbocycles. The highest BCUT2D eigenvalue weighted by Gasteiger charge is 2.52. The first-order valence-corrected chi connectivity index (χ1v) is 18.9. The Morgan fingerprint density at radius 1 is 0.894 bits per heavy atom. The van der Waals surface area contributed by atoms with E-state index in [4.69, 9.17) is 4.74 Å². The Bertz CT molecular complexity index is 1680. The first-order valence-electron chi connectivity index (χ1n) is 17.2. The number of nitrogens with zero attached hydrogens (tertiary/aromatic N) is 2. The second kappa shape index (κ2) is 12.8. The van der Waals surface area contributed by atoms with Crippen molar-refractivity contribution in [2.75, 3.05) is 36.8 Å². The molecule has 3 aromatic rings. The van der Waals surface area contributed by atoms with Crippen LogP contribution in [-0.2, 0) is 16.6 Å². The monoisotopic (exact) mass is 657 g/mol. The molecule has 9 heteroatoms. The lowest BCUT2D eigenvalue weighted by atomic mass is 9.50. The third-order valence-electron chi connectivity index (χ3n) is 10.7. The topological polar surface area (TPSA) is 99.2 Å². The van der Waals surface area contributed by atoms with E-state index in [0.29, 0.717) is 23.3 Å². The number of phenols is 1. The summed E-state index contributed by atoms with van der Waals surface area (Å²) in [7, 11) is -3.72. The average Bonchev–Trinajstić information content (AvgIpc) is 2.99. The number of rotatable bonds is 10. The fourth-order valence-electron chi connectivity index (χ4n) is 9.30. The summed E-state index contributed by atoms with van der Waals surface area (Å²) >= 11 is 0. The molecular formula is C38H47N3O5S. The van der Waals surface area contributed by atoms with E-state index in [2.05, 4.69) is 26.7 Å². The van der Waals surface area contributed by atoms with Crippen molar-refractivity contribution >= 4 is 21.6 Å². The van der Waals surface area contributed by atoms with E-state index >= 15 is 0 Å². The number of carbonyl (C=O) groups is 1. The quantitative estimate of drug-likeness (QED) is 0.259. The van der Waals surface area contributed by atoms with E-state index in [1.165, 1.54) is 19.3 Å². The van der Waals surface area contributed by atoms with Gasteiger partial charge in [-0.2, -0.15) is 0 Å². The van der Waals surface area contributed by atoms with Gasteiger partial charge in [0.05, 0.1) is 11.9 Å². The van der Waals surface area contributed by atoms with Crippen LogP contribution >= 0.6 is 0 Å². The Hall–Kier alpha value is -3.56. The summed E-state index contributed by atoms with van der Waals surface area (Å²) in [5.41, 5.74) is 4.36. The molecule has 2 N–H and O–H groups in total. The van der Waals surface area contributed by atoms with Crippen molar-refractivity contribution in [3.8, 4) is 22.6 Å². The second-order valence-electron chi connectivity index (χ2n) is 15.0. The molecule has 47 heavy (non-hydrogen) atoms. The fraction of sp³-hybridized carbons (Fsp3) is 0.500. The highest BCUT2D eigenvalue weighted by atomic mass is 32.2. The zero-order valence-electron chi connectivity index (χ0n) is 27.5. The molecule has 4 bridgehead atoms. The number of anilines is 1. The van der Waals surface area contributed by atoms with Crippen LogP contribution in [0.4, 0.5) is 5.69 Å². The van der Waals surface area contributed by atoms with Crippen LogP contribution in [-0.4, -0.2) is 62.4 Å². The van der Waals surface area contributed by atoms with E-state index in [1.807, 2.05) is 44.2 Å². The normalized spacial score (nSPS) is 25.7. The predicted molar refractivity (Wildman–Crippen MR) is 185 cm³/mol. The van der Waals surface area contributed by atoms with Gasteiger partial charge in [-0.25, -0.2) is 13.1 Å². The van der Waals surface area contributed by atoms with Gasteiger partial charge in [0, 0.05) is 44.0 Å². The molecule has 0 spiro atoms. The average molecular weight is 658 g/mol. The SMILES string of the molecule is CC(C)Oc1cc(CN2CCN(c3ccc(C(=O)NS(=O)(=O)CC45CC6CC(CC(C6)C4)C5)cc3)CC2)cc(-c2cccc(O)c2)c1. The third-order valence-corrected chi connectivity index (χ3v) is 12.2. The van der Waals surface area contributed by atoms with Crippen molar-refractivity contribution in [3.05, 3.63) is 77.9 Å². The van der Waals surface area contributed by atoms with Crippen LogP contribution in [0.3, 0.4) is 0 Å². The molecule has 0 atom stereocenters. The third kappa shape index (κ3) is 7.46. The molecular weight excluding hydrogens is 611 g/mol. The van der Waals surface area contributed by atoms with Crippen molar-refractivity contribution in [3.63, 3.8) is 0 Å². The van der Waals surface area contributed by atoms with Crippen molar-refractivity contribution in [1.82, 2.24) is 9.62 Å². The molecule has 250 valence electrons. The van der Waals surface area contributed by atoms with Crippen molar-refractivity contribution in [2.24, 2.45) is 23.2 Å². The molecule has 0 aromatic heterocycles. The van der Waals surface area contributed by atoms with Gasteiger partial charge < -0.3 is 14.7 Å². The number of hydrogen-bond acceptors (Lipinski definition) is 7. The molecule has 1 aliphatic heterocycles. The van der Waals surface area contributed by atoms with Crippen LogP contribution in [0.25, 0.3) is 11.1 Å². The minimum Gasteiger partial charge on any atom is -0.508 e. The Balaban J connectivity index is 0.944. The first kappa shape index (κ1) is 32.0. The summed E-state index contributed by atoms with van der Waals surface area (Å²) in [6.07, 6.45) is 6.82. The standard InChI is InChI=1S/C38H47N3O5S/c1-26(2)46-36-18-30(17-33(20-36)32-4-3-5-35(42)19-32)24-40-10-12-41(13-11-40)34-8-6-31(7-9-34)37(43)39-47(44,45)25-38-21-27-14-28(22-38)16-29(15-27)23-38/h3-9,17-20,26-29,42H,10-16,21-25H2,1-2H3,(H,39,43). The van der Waals surface area contributed by atoms with Crippen molar-refractivity contribution in [1.29, 1.82) is 0 Å². The molecule has 4 saturated carbocycles. The molecule has 8 nitrogen and oxygen atoms in total. The van der Waals surface area contributed by atoms with E-state index < -0.39 is 15.9 Å². The van der Waals surface area contributed by atoms with E-state index in [1.54, 1.807) is 24.3 Å². The summed E-state index contributed by atoms with van der Waals surface area (Å²) in [6.45, 7) is 8.25. The summed E-state index contributed by atoms with van der Waals surface area (Å²) in [5, 5.41) is 10.0. The molecule has 4 aliphatic carbocycles. The van der Waals surface area contributed by atoms with Crippen molar-refractivity contribution in [2.45, 2.75) is 65.0 Å². The van der Waals surface area contributed by atoms with Crippen LogP contribution < -0.4 is 14.4 Å². The first-order chi connectivity index (χ1) is 22.5. The minimum absolute atomic E-state index is 0.0547. The number of sulfonamides is 1. The fourth-order valence-corrected chi connectivity index (χ4v) is 10.9. The van der Waals surface area contributed by atoms with Crippen LogP contribution in [0, 0.1) is 23.2 Å². The zero-order chi connectivity index (χ0) is 32.8. The van der Waals surface area contributed by atoms with Gasteiger partial charge in [0.1, 0.15) is 11.5 Å². The van der Waals surface area contributed by atoms with Gasteiger partial charge in [0.2, 0.25) is 10.0 Å². The highest BCUT2D eigenvalue weighted by Crippen LogP contribution is 2.60. The number of carbonyl (C=O) groups excluding carboxylic acids is 1. The molecule has 5 fully saturated rings. The van der Waals surface area contributed by atoms with Crippen LogP contribution in [0.5, 0.6) is 11.5 Å². The lowest BCUT2D eigenvalue weighted by Gasteiger charge is -2.56. The van der Waals surface area contributed by atoms with Crippen molar-refractivity contribution < 1.29 is 23.1 Å². The number of phenolic OH excluding ortho intramolecular Hbond substituents is 1. The second-order valence-corrected chi connectivity index (χ2v) is 16.7. The van der Waals surface area contributed by atoms with Gasteiger partial charge in [-0.05, 0) is 147 Å². The number of ether oxygens (including phenoxy) is 1.